The summed E-state index contributed by atoms with van der Waals surface area (Å²) < 4.78 is 0. The van der Waals surface area contributed by atoms with E-state index in [0.29, 0.717) is 5.92 Å². The molecule has 3 aliphatic rings. The Balaban J connectivity index is 1.61. The van der Waals surface area contributed by atoms with Crippen molar-refractivity contribution in [1.29, 1.82) is 0 Å². The third-order valence-electron chi connectivity index (χ3n) is 9.16. The van der Waals surface area contributed by atoms with Gasteiger partial charge in [-0.25, -0.2) is 0 Å². The Morgan fingerprint density at radius 1 is 1.13 bits per heavy atom. The number of carbonyl (C=O) groups excluding carboxylic acids is 1. The van der Waals surface area contributed by atoms with Crippen LogP contribution in [0.15, 0.2) is 35.4 Å². The van der Waals surface area contributed by atoms with E-state index in [9.17, 15) is 4.79 Å². The average molecular weight is 408 g/mol. The fourth-order valence-corrected chi connectivity index (χ4v) is 7.24. The summed E-state index contributed by atoms with van der Waals surface area (Å²) in [5.41, 5.74) is 5.69. The van der Waals surface area contributed by atoms with Crippen molar-refractivity contribution in [3.8, 4) is 0 Å². The van der Waals surface area contributed by atoms with Crippen molar-refractivity contribution in [2.75, 3.05) is 5.32 Å². The number of hydrogen-bond donors (Lipinski definition) is 1. The largest absolute Gasteiger partial charge is 0.325 e. The van der Waals surface area contributed by atoms with E-state index in [1.54, 1.807) is 11.1 Å². The Bertz CT molecular complexity index is 837. The van der Waals surface area contributed by atoms with Crippen LogP contribution in [0.1, 0.15) is 91.5 Å². The average Bonchev–Trinajstić information content (AvgIpc) is 2.73. The van der Waals surface area contributed by atoms with Gasteiger partial charge >= 0.3 is 0 Å². The molecule has 1 amide bonds. The first kappa shape index (κ1) is 21.7. The van der Waals surface area contributed by atoms with Gasteiger partial charge in [0.25, 0.3) is 0 Å². The summed E-state index contributed by atoms with van der Waals surface area (Å²) in [6, 6.07) is 8.30. The highest BCUT2D eigenvalue weighted by Gasteiger charge is 2.56. The predicted octanol–water partition coefficient (Wildman–Crippen LogP) is 7.55. The number of fused-ring (bicyclic) bond motifs is 2. The van der Waals surface area contributed by atoms with Crippen molar-refractivity contribution in [1.82, 2.24) is 0 Å². The molecule has 0 aliphatic heterocycles. The first-order chi connectivity index (χ1) is 14.3. The fraction of sp³-hybridized carbons (Fsp3) is 0.679. The summed E-state index contributed by atoms with van der Waals surface area (Å²) in [7, 11) is 0. The van der Waals surface area contributed by atoms with Gasteiger partial charge in [-0.3, -0.25) is 4.79 Å². The molecular formula is C28H41NO. The molecule has 30 heavy (non-hydrogen) atoms. The lowest BCUT2D eigenvalue weighted by molar-refractivity contribution is -0.135. The number of anilines is 1. The van der Waals surface area contributed by atoms with Crippen molar-refractivity contribution in [2.24, 2.45) is 28.6 Å². The van der Waals surface area contributed by atoms with Crippen LogP contribution in [-0.2, 0) is 11.2 Å². The van der Waals surface area contributed by atoms with Gasteiger partial charge in [0.1, 0.15) is 0 Å². The second-order valence-corrected chi connectivity index (χ2v) is 11.1. The predicted molar refractivity (Wildman–Crippen MR) is 126 cm³/mol. The van der Waals surface area contributed by atoms with E-state index in [4.69, 9.17) is 0 Å². The highest BCUT2D eigenvalue weighted by molar-refractivity contribution is 5.96. The third-order valence-corrected chi connectivity index (χ3v) is 9.16. The molecule has 164 valence electrons. The van der Waals surface area contributed by atoms with E-state index in [1.165, 1.54) is 44.1 Å². The molecular weight excluding hydrogens is 366 g/mol. The Labute approximate surface area is 183 Å². The minimum atomic E-state index is -0.277. The van der Waals surface area contributed by atoms with Crippen LogP contribution in [0.4, 0.5) is 5.69 Å². The van der Waals surface area contributed by atoms with E-state index in [-0.39, 0.29) is 16.7 Å². The molecule has 4 rings (SSSR count). The molecule has 3 aliphatic carbocycles. The minimum Gasteiger partial charge on any atom is -0.325 e. The Morgan fingerprint density at radius 3 is 2.63 bits per heavy atom. The molecule has 4 atom stereocenters. The van der Waals surface area contributed by atoms with Gasteiger partial charge in [-0.2, -0.15) is 0 Å². The molecule has 0 bridgehead atoms. The maximum absolute atomic E-state index is 13.7. The van der Waals surface area contributed by atoms with Crippen LogP contribution in [-0.4, -0.2) is 5.91 Å². The lowest BCUT2D eigenvalue weighted by atomic mass is 9.48. The summed E-state index contributed by atoms with van der Waals surface area (Å²) in [6.45, 7) is 11.7. The second-order valence-electron chi connectivity index (χ2n) is 11.1. The number of allylic oxidation sites excluding steroid dienone is 2. The highest BCUT2D eigenvalue weighted by atomic mass is 16.2. The summed E-state index contributed by atoms with van der Waals surface area (Å²) in [4.78, 5) is 13.7. The number of rotatable bonds is 4. The topological polar surface area (TPSA) is 29.1 Å². The minimum absolute atomic E-state index is 0.212. The Hall–Kier alpha value is -1.57. The number of aryl methyl sites for hydroxylation is 1. The molecule has 0 radical (unpaired) electrons. The van der Waals surface area contributed by atoms with Gasteiger partial charge < -0.3 is 5.32 Å². The molecule has 1 N–H and O–H groups in total. The van der Waals surface area contributed by atoms with Gasteiger partial charge in [0.05, 0.1) is 5.41 Å². The van der Waals surface area contributed by atoms with Crippen LogP contribution in [0, 0.1) is 28.6 Å². The zero-order chi connectivity index (χ0) is 21.5. The number of benzene rings is 1. The number of para-hydroxylation sites is 1. The van der Waals surface area contributed by atoms with Crippen LogP contribution in [0.2, 0.25) is 0 Å². The summed E-state index contributed by atoms with van der Waals surface area (Å²) in [5, 5.41) is 3.36. The van der Waals surface area contributed by atoms with Crippen LogP contribution in [0.5, 0.6) is 0 Å². The lowest BCUT2D eigenvalue weighted by Crippen LogP contribution is -2.52. The summed E-state index contributed by atoms with van der Waals surface area (Å²) in [5.74, 6) is 2.35. The number of hydrogen-bond acceptors (Lipinski definition) is 1. The van der Waals surface area contributed by atoms with Crippen molar-refractivity contribution >= 4 is 11.6 Å². The van der Waals surface area contributed by atoms with Gasteiger partial charge in [0.15, 0.2) is 0 Å². The van der Waals surface area contributed by atoms with Crippen LogP contribution < -0.4 is 5.32 Å². The summed E-state index contributed by atoms with van der Waals surface area (Å²) in [6.07, 6.45) is 10.7. The molecule has 2 nitrogen and oxygen atoms in total. The number of nitrogens with one attached hydrogen (secondary N) is 1. The van der Waals surface area contributed by atoms with E-state index in [1.807, 2.05) is 6.07 Å². The van der Waals surface area contributed by atoms with Crippen molar-refractivity contribution in [3.63, 3.8) is 0 Å². The Kier molecular flexibility index (Phi) is 5.90. The van der Waals surface area contributed by atoms with Crippen LogP contribution >= 0.6 is 0 Å². The number of amides is 1. The van der Waals surface area contributed by atoms with Crippen molar-refractivity contribution in [2.45, 2.75) is 92.4 Å². The molecule has 0 spiro atoms. The second kappa shape index (κ2) is 8.17. The van der Waals surface area contributed by atoms with Gasteiger partial charge in [-0.05, 0) is 86.2 Å². The lowest BCUT2D eigenvalue weighted by Gasteiger charge is -2.56. The first-order valence-electron chi connectivity index (χ1n) is 12.4. The standard InChI is InChI=1S/C28H41NO/c1-6-20-10-7-8-11-24(20)29-26(30)28(5)17-9-16-27(4)23-14-12-21(19(2)3)18-22(23)13-15-25(27)28/h7-8,10-11,19,21,25H,6,9,12-18H2,1-5H3,(H,29,30)/t21?,25?,27?,28-/m1/s1. The van der Waals surface area contributed by atoms with Crippen molar-refractivity contribution in [3.05, 3.63) is 41.0 Å². The SMILES string of the molecule is CCc1ccccc1NC(=O)[C@]1(C)CCCC2(C)C3=C(CCC21)CC(C(C)C)CC3. The molecule has 1 fully saturated rings. The van der Waals surface area contributed by atoms with Gasteiger partial charge in [0, 0.05) is 5.69 Å². The first-order valence-corrected chi connectivity index (χ1v) is 12.4. The van der Waals surface area contributed by atoms with Crippen LogP contribution in [0.3, 0.4) is 0 Å². The van der Waals surface area contributed by atoms with Gasteiger partial charge in [0.2, 0.25) is 5.91 Å². The molecule has 0 aromatic heterocycles. The van der Waals surface area contributed by atoms with E-state index < -0.39 is 0 Å². The van der Waals surface area contributed by atoms with Crippen LogP contribution in [0.25, 0.3) is 0 Å². The number of carbonyl (C=O) groups is 1. The summed E-state index contributed by atoms with van der Waals surface area (Å²) >= 11 is 0. The van der Waals surface area contributed by atoms with Gasteiger partial charge in [-0.15, -0.1) is 0 Å². The van der Waals surface area contributed by atoms with Gasteiger partial charge in [-0.1, -0.05) is 70.4 Å². The Morgan fingerprint density at radius 2 is 1.90 bits per heavy atom. The quantitative estimate of drug-likeness (QED) is 0.513. The third kappa shape index (κ3) is 3.55. The molecule has 2 heteroatoms. The molecule has 0 saturated heterocycles. The van der Waals surface area contributed by atoms with Crippen molar-refractivity contribution < 1.29 is 4.79 Å². The maximum Gasteiger partial charge on any atom is 0.230 e. The van der Waals surface area contributed by atoms with E-state index in [0.717, 1.165) is 36.8 Å². The normalized spacial score (nSPS) is 33.8. The molecule has 0 heterocycles. The fourth-order valence-electron chi connectivity index (χ4n) is 7.24. The maximum atomic E-state index is 13.7. The highest BCUT2D eigenvalue weighted by Crippen LogP contribution is 2.62. The molecule has 3 unspecified atom stereocenters. The molecule has 1 saturated carbocycles. The molecule has 1 aromatic carbocycles. The van der Waals surface area contributed by atoms with E-state index in [2.05, 4.69) is 58.1 Å². The monoisotopic (exact) mass is 407 g/mol. The smallest absolute Gasteiger partial charge is 0.230 e. The van der Waals surface area contributed by atoms with E-state index >= 15 is 0 Å². The molecule has 1 aromatic rings. The zero-order valence-corrected chi connectivity index (χ0v) is 19.8. The zero-order valence-electron chi connectivity index (χ0n) is 19.8.